The molecule has 1 heterocycles. The molecule has 1 aromatic heterocycles. The van der Waals surface area contributed by atoms with Gasteiger partial charge in [-0.3, -0.25) is 9.59 Å². The number of hydrogen-bond donors (Lipinski definition) is 1. The van der Waals surface area contributed by atoms with Gasteiger partial charge in [-0.1, -0.05) is 0 Å². The lowest BCUT2D eigenvalue weighted by Gasteiger charge is -2.05. The Labute approximate surface area is 85.3 Å². The highest BCUT2D eigenvalue weighted by Crippen LogP contribution is 1.96. The number of pyridine rings is 1. The number of carbonyl (C=O) groups is 1. The number of ether oxygens (including phenoxy) is 1. The van der Waals surface area contributed by atoms with Crippen molar-refractivity contribution < 1.29 is 13.9 Å². The van der Waals surface area contributed by atoms with E-state index in [1.54, 1.807) is 0 Å². The lowest BCUT2D eigenvalue weighted by molar-refractivity contribution is -0.144. The fourth-order valence-electron chi connectivity index (χ4n) is 1.01. The smallest absolute Gasteiger partial charge is 0.326 e. The zero-order valence-corrected chi connectivity index (χ0v) is 7.98. The normalized spacial score (nSPS) is 9.93. The van der Waals surface area contributed by atoms with E-state index in [1.165, 1.54) is 18.3 Å². The van der Waals surface area contributed by atoms with Gasteiger partial charge < -0.3 is 15.0 Å². The van der Waals surface area contributed by atoms with E-state index in [0.717, 1.165) is 4.57 Å². The van der Waals surface area contributed by atoms with Crippen molar-refractivity contribution in [1.29, 1.82) is 0 Å². The molecular formula is C9H11FN2O3. The molecular weight excluding hydrogens is 203 g/mol. The first-order chi connectivity index (χ1) is 7.13. The number of carbonyl (C=O) groups excluding carboxylic acids is 1. The highest BCUT2D eigenvalue weighted by Gasteiger charge is 2.05. The summed E-state index contributed by atoms with van der Waals surface area (Å²) in [6.07, 6.45) is 1.33. The van der Waals surface area contributed by atoms with E-state index in [0.29, 0.717) is 5.69 Å². The summed E-state index contributed by atoms with van der Waals surface area (Å²) in [5.74, 6) is -0.666. The van der Waals surface area contributed by atoms with Crippen molar-refractivity contribution in [2.45, 2.75) is 6.54 Å². The SMILES string of the molecule is Nc1ccc(=O)n(CC(=O)OCCF)c1. The van der Waals surface area contributed by atoms with Crippen LogP contribution in [0.5, 0.6) is 0 Å². The van der Waals surface area contributed by atoms with E-state index in [4.69, 9.17) is 5.73 Å². The van der Waals surface area contributed by atoms with Gasteiger partial charge in [0.15, 0.2) is 0 Å². The summed E-state index contributed by atoms with van der Waals surface area (Å²) < 4.78 is 17.3. The van der Waals surface area contributed by atoms with E-state index >= 15 is 0 Å². The Morgan fingerprint density at radius 1 is 1.53 bits per heavy atom. The van der Waals surface area contributed by atoms with Gasteiger partial charge in [0.1, 0.15) is 19.8 Å². The molecule has 0 saturated heterocycles. The molecule has 0 atom stereocenters. The fourth-order valence-corrected chi connectivity index (χ4v) is 1.01. The minimum absolute atomic E-state index is 0.260. The summed E-state index contributed by atoms with van der Waals surface area (Å²) in [6, 6.07) is 2.68. The van der Waals surface area contributed by atoms with Crippen molar-refractivity contribution in [3.63, 3.8) is 0 Å². The number of anilines is 1. The van der Waals surface area contributed by atoms with E-state index in [2.05, 4.69) is 4.74 Å². The van der Waals surface area contributed by atoms with Crippen LogP contribution in [0.4, 0.5) is 10.1 Å². The molecule has 0 aliphatic carbocycles. The van der Waals surface area contributed by atoms with Crippen LogP contribution in [0.15, 0.2) is 23.1 Å². The molecule has 0 unspecified atom stereocenters. The highest BCUT2D eigenvalue weighted by atomic mass is 19.1. The molecule has 6 heteroatoms. The van der Waals surface area contributed by atoms with Crippen molar-refractivity contribution in [1.82, 2.24) is 4.57 Å². The molecule has 2 N–H and O–H groups in total. The summed E-state index contributed by atoms with van der Waals surface area (Å²) in [5, 5.41) is 0. The minimum atomic E-state index is -0.739. The third kappa shape index (κ3) is 3.41. The molecule has 15 heavy (non-hydrogen) atoms. The quantitative estimate of drug-likeness (QED) is 0.713. The summed E-state index contributed by atoms with van der Waals surface area (Å²) in [4.78, 5) is 22.3. The molecule has 0 aliphatic rings. The monoisotopic (exact) mass is 214 g/mol. The zero-order valence-electron chi connectivity index (χ0n) is 7.98. The van der Waals surface area contributed by atoms with Gasteiger partial charge in [-0.25, -0.2) is 4.39 Å². The van der Waals surface area contributed by atoms with E-state index < -0.39 is 12.6 Å². The Balaban J connectivity index is 2.68. The van der Waals surface area contributed by atoms with Gasteiger partial charge in [-0.2, -0.15) is 0 Å². The summed E-state index contributed by atoms with van der Waals surface area (Å²) in [6.45, 7) is -1.29. The van der Waals surface area contributed by atoms with Crippen molar-refractivity contribution >= 4 is 11.7 Å². The largest absolute Gasteiger partial charge is 0.462 e. The molecule has 1 rings (SSSR count). The number of esters is 1. The van der Waals surface area contributed by atoms with E-state index in [-0.39, 0.29) is 18.7 Å². The molecule has 0 amide bonds. The molecule has 0 aromatic carbocycles. The Bertz CT molecular complexity index is 403. The van der Waals surface area contributed by atoms with E-state index in [9.17, 15) is 14.0 Å². The Morgan fingerprint density at radius 3 is 2.93 bits per heavy atom. The average molecular weight is 214 g/mol. The van der Waals surface area contributed by atoms with Gasteiger partial charge in [0, 0.05) is 18.0 Å². The maximum atomic E-state index is 11.7. The zero-order chi connectivity index (χ0) is 11.3. The minimum Gasteiger partial charge on any atom is -0.462 e. The van der Waals surface area contributed by atoms with Gasteiger partial charge in [-0.15, -0.1) is 0 Å². The Kier molecular flexibility index (Phi) is 3.84. The van der Waals surface area contributed by atoms with Crippen LogP contribution in [0.2, 0.25) is 0 Å². The number of rotatable bonds is 4. The van der Waals surface area contributed by atoms with Crippen LogP contribution in [-0.4, -0.2) is 23.8 Å². The molecule has 0 saturated carbocycles. The number of alkyl halides is 1. The van der Waals surface area contributed by atoms with Gasteiger partial charge in [0.25, 0.3) is 5.56 Å². The molecule has 0 bridgehead atoms. The second kappa shape index (κ2) is 5.14. The first-order valence-corrected chi connectivity index (χ1v) is 4.31. The summed E-state index contributed by atoms with van der Waals surface area (Å²) in [5.41, 5.74) is 5.44. The Hall–Kier alpha value is -1.85. The average Bonchev–Trinajstić information content (AvgIpc) is 2.20. The third-order valence-electron chi connectivity index (χ3n) is 1.65. The number of nitrogen functional groups attached to an aromatic ring is 1. The molecule has 82 valence electrons. The third-order valence-corrected chi connectivity index (χ3v) is 1.65. The fraction of sp³-hybridized carbons (Fsp3) is 0.333. The topological polar surface area (TPSA) is 74.3 Å². The van der Waals surface area contributed by atoms with Crippen LogP contribution in [-0.2, 0) is 16.1 Å². The van der Waals surface area contributed by atoms with Crippen molar-refractivity contribution in [2.75, 3.05) is 19.0 Å². The number of aromatic nitrogens is 1. The second-order valence-corrected chi connectivity index (χ2v) is 2.84. The van der Waals surface area contributed by atoms with Crippen molar-refractivity contribution in [3.05, 3.63) is 28.7 Å². The van der Waals surface area contributed by atoms with Crippen LogP contribution in [0.1, 0.15) is 0 Å². The van der Waals surface area contributed by atoms with Crippen LogP contribution < -0.4 is 11.3 Å². The molecule has 0 spiro atoms. The first-order valence-electron chi connectivity index (χ1n) is 4.31. The Morgan fingerprint density at radius 2 is 2.27 bits per heavy atom. The maximum Gasteiger partial charge on any atom is 0.326 e. The highest BCUT2D eigenvalue weighted by molar-refractivity contribution is 5.69. The van der Waals surface area contributed by atoms with Gasteiger partial charge in [0.05, 0.1) is 0 Å². The summed E-state index contributed by atoms with van der Waals surface area (Å²) >= 11 is 0. The van der Waals surface area contributed by atoms with Crippen LogP contribution in [0, 0.1) is 0 Å². The molecule has 0 radical (unpaired) electrons. The number of halogens is 1. The van der Waals surface area contributed by atoms with Crippen LogP contribution >= 0.6 is 0 Å². The standard InChI is InChI=1S/C9H11FN2O3/c10-3-4-15-9(14)6-12-5-7(11)1-2-8(12)13/h1-2,5H,3-4,6,11H2. The lowest BCUT2D eigenvalue weighted by atomic mass is 10.4. The molecule has 1 aromatic rings. The number of nitrogens with zero attached hydrogens (tertiary/aromatic N) is 1. The molecule has 5 nitrogen and oxygen atoms in total. The van der Waals surface area contributed by atoms with Crippen molar-refractivity contribution in [2.24, 2.45) is 0 Å². The van der Waals surface area contributed by atoms with Gasteiger partial charge >= 0.3 is 5.97 Å². The number of nitrogens with two attached hydrogens (primary N) is 1. The van der Waals surface area contributed by atoms with Gasteiger partial charge in [-0.05, 0) is 6.07 Å². The van der Waals surface area contributed by atoms with Crippen LogP contribution in [0.25, 0.3) is 0 Å². The summed E-state index contributed by atoms with van der Waals surface area (Å²) in [7, 11) is 0. The van der Waals surface area contributed by atoms with E-state index in [1.807, 2.05) is 0 Å². The maximum absolute atomic E-state index is 11.7. The second-order valence-electron chi connectivity index (χ2n) is 2.84. The molecule has 0 fully saturated rings. The predicted octanol–water partition coefficient (Wildman–Crippen LogP) is -0.0568. The van der Waals surface area contributed by atoms with Gasteiger partial charge in [0.2, 0.25) is 0 Å². The first kappa shape index (κ1) is 11.2. The van der Waals surface area contributed by atoms with Crippen molar-refractivity contribution in [3.8, 4) is 0 Å². The lowest BCUT2D eigenvalue weighted by Crippen LogP contribution is -2.24. The predicted molar refractivity (Wildman–Crippen MR) is 52.0 cm³/mol. The van der Waals surface area contributed by atoms with Crippen LogP contribution in [0.3, 0.4) is 0 Å². The number of hydrogen-bond acceptors (Lipinski definition) is 4. The molecule has 0 aliphatic heterocycles.